The maximum Gasteiger partial charge on any atom is 0.306 e. The summed E-state index contributed by atoms with van der Waals surface area (Å²) in [6.45, 7) is 6.40. The lowest BCUT2D eigenvalue weighted by Gasteiger charge is -2.18. The Morgan fingerprint density at radius 1 is 0.276 bits per heavy atom. The second-order valence-electron chi connectivity index (χ2n) is 20.6. The number of carbonyl (C=O) groups excluding carboxylic acids is 3. The van der Waals surface area contributed by atoms with Crippen LogP contribution in [0.25, 0.3) is 0 Å². The van der Waals surface area contributed by atoms with Crippen LogP contribution in [0, 0.1) is 0 Å². The second-order valence-corrected chi connectivity index (χ2v) is 20.6. The molecule has 0 amide bonds. The molecule has 0 aromatic heterocycles. The van der Waals surface area contributed by atoms with Crippen molar-refractivity contribution < 1.29 is 28.6 Å². The van der Waals surface area contributed by atoms with Gasteiger partial charge >= 0.3 is 17.9 Å². The fourth-order valence-corrected chi connectivity index (χ4v) is 8.56. The van der Waals surface area contributed by atoms with Crippen LogP contribution < -0.4 is 0 Å². The Labute approximate surface area is 469 Å². The molecule has 0 aromatic carbocycles. The predicted molar refractivity (Wildman–Crippen MR) is 330 cm³/mol. The van der Waals surface area contributed by atoms with Crippen molar-refractivity contribution in [2.75, 3.05) is 13.2 Å². The quantitative estimate of drug-likeness (QED) is 0.0261. The highest BCUT2D eigenvalue weighted by atomic mass is 16.6. The van der Waals surface area contributed by atoms with Crippen LogP contribution in [0.2, 0.25) is 0 Å². The molecule has 0 aliphatic heterocycles. The van der Waals surface area contributed by atoms with Crippen LogP contribution in [-0.2, 0) is 28.6 Å². The third kappa shape index (κ3) is 60.7. The molecular weight excluding hydrogens is 937 g/mol. The number of allylic oxidation sites excluding steroid dienone is 20. The van der Waals surface area contributed by atoms with Crippen molar-refractivity contribution >= 4 is 17.9 Å². The molecule has 0 aliphatic rings. The lowest BCUT2D eigenvalue weighted by Crippen LogP contribution is -2.30. The molecular formula is C70H116O6. The van der Waals surface area contributed by atoms with Gasteiger partial charge in [-0.3, -0.25) is 14.4 Å². The number of esters is 3. The molecule has 0 bridgehead atoms. The van der Waals surface area contributed by atoms with Crippen molar-refractivity contribution in [3.05, 3.63) is 122 Å². The minimum absolute atomic E-state index is 0.0933. The molecule has 1 unspecified atom stereocenters. The average molecular weight is 1050 g/mol. The van der Waals surface area contributed by atoms with E-state index in [1.807, 2.05) is 0 Å². The number of ether oxygens (including phenoxy) is 3. The molecule has 0 radical (unpaired) electrons. The third-order valence-corrected chi connectivity index (χ3v) is 13.2. The number of hydrogen-bond acceptors (Lipinski definition) is 6. The van der Waals surface area contributed by atoms with Gasteiger partial charge in [-0.15, -0.1) is 0 Å². The first kappa shape index (κ1) is 71.8. The van der Waals surface area contributed by atoms with Gasteiger partial charge in [0.15, 0.2) is 6.10 Å². The fraction of sp³-hybridized carbons (Fsp3) is 0.671. The van der Waals surface area contributed by atoms with Crippen molar-refractivity contribution in [2.24, 2.45) is 0 Å². The Morgan fingerprint density at radius 3 is 0.816 bits per heavy atom. The molecule has 0 fully saturated rings. The summed E-state index contributed by atoms with van der Waals surface area (Å²) < 4.78 is 16.9. The van der Waals surface area contributed by atoms with Crippen LogP contribution in [0.3, 0.4) is 0 Å². The topological polar surface area (TPSA) is 78.9 Å². The zero-order valence-corrected chi connectivity index (χ0v) is 49.5. The van der Waals surface area contributed by atoms with Crippen molar-refractivity contribution in [2.45, 2.75) is 290 Å². The smallest absolute Gasteiger partial charge is 0.306 e. The molecule has 6 nitrogen and oxygen atoms in total. The van der Waals surface area contributed by atoms with Gasteiger partial charge in [0, 0.05) is 19.3 Å². The van der Waals surface area contributed by atoms with Gasteiger partial charge in [0.1, 0.15) is 13.2 Å². The zero-order chi connectivity index (χ0) is 55.0. The summed E-state index contributed by atoms with van der Waals surface area (Å²) in [5.41, 5.74) is 0. The Hall–Kier alpha value is -4.19. The third-order valence-electron chi connectivity index (χ3n) is 13.2. The van der Waals surface area contributed by atoms with E-state index in [1.165, 1.54) is 109 Å². The lowest BCUT2D eigenvalue weighted by atomic mass is 10.0. The lowest BCUT2D eigenvalue weighted by molar-refractivity contribution is -0.167. The summed E-state index contributed by atoms with van der Waals surface area (Å²) in [7, 11) is 0. The summed E-state index contributed by atoms with van der Waals surface area (Å²) in [6, 6.07) is 0. The van der Waals surface area contributed by atoms with E-state index < -0.39 is 6.10 Å². The van der Waals surface area contributed by atoms with Crippen molar-refractivity contribution in [1.82, 2.24) is 0 Å². The zero-order valence-electron chi connectivity index (χ0n) is 49.5. The Morgan fingerprint density at radius 2 is 0.513 bits per heavy atom. The van der Waals surface area contributed by atoms with E-state index in [9.17, 15) is 14.4 Å². The van der Waals surface area contributed by atoms with E-state index >= 15 is 0 Å². The number of rotatable bonds is 56. The van der Waals surface area contributed by atoms with Crippen LogP contribution in [0.1, 0.15) is 284 Å². The van der Waals surface area contributed by atoms with E-state index in [2.05, 4.69) is 142 Å². The van der Waals surface area contributed by atoms with E-state index in [0.717, 1.165) is 135 Å². The highest BCUT2D eigenvalue weighted by molar-refractivity contribution is 5.71. The van der Waals surface area contributed by atoms with E-state index in [0.29, 0.717) is 12.8 Å². The summed E-state index contributed by atoms with van der Waals surface area (Å²) >= 11 is 0. The largest absolute Gasteiger partial charge is 0.462 e. The molecule has 0 rings (SSSR count). The van der Waals surface area contributed by atoms with E-state index in [1.54, 1.807) is 0 Å². The van der Waals surface area contributed by atoms with Gasteiger partial charge in [-0.1, -0.05) is 277 Å². The number of unbranched alkanes of at least 4 members (excludes halogenated alkanes) is 25. The SMILES string of the molecule is CC/C=C\C/C=C\C/C=C\C/C=C\C/C=C\CCCCCCCCCCCC(=O)OCC(COC(=O)CCCCCCCCCCCCCCCC)OC(=O)CCCCC/C=C\C/C=C\C/C=C\C/C=C\C/C=C\CC. The first-order valence-corrected chi connectivity index (χ1v) is 31.5. The predicted octanol–water partition coefficient (Wildman–Crippen LogP) is 21.6. The van der Waals surface area contributed by atoms with Crippen LogP contribution >= 0.6 is 0 Å². The molecule has 0 saturated heterocycles. The molecule has 0 N–H and O–H groups in total. The summed E-state index contributed by atoms with van der Waals surface area (Å²) in [5.74, 6) is -0.927. The molecule has 0 saturated carbocycles. The van der Waals surface area contributed by atoms with Crippen LogP contribution in [-0.4, -0.2) is 37.2 Å². The van der Waals surface area contributed by atoms with Gasteiger partial charge in [-0.05, 0) is 109 Å². The maximum atomic E-state index is 12.9. The Kier molecular flexibility index (Phi) is 59.9. The summed E-state index contributed by atoms with van der Waals surface area (Å²) in [4.78, 5) is 38.3. The highest BCUT2D eigenvalue weighted by Gasteiger charge is 2.19. The van der Waals surface area contributed by atoms with Gasteiger partial charge in [-0.2, -0.15) is 0 Å². The van der Waals surface area contributed by atoms with Gasteiger partial charge in [-0.25, -0.2) is 0 Å². The minimum Gasteiger partial charge on any atom is -0.462 e. The van der Waals surface area contributed by atoms with E-state index in [-0.39, 0.29) is 37.5 Å². The molecule has 1 atom stereocenters. The Balaban J connectivity index is 4.41. The summed E-state index contributed by atoms with van der Waals surface area (Å²) in [6.07, 6.45) is 87.7. The van der Waals surface area contributed by atoms with Gasteiger partial charge in [0.2, 0.25) is 0 Å². The molecule has 0 spiro atoms. The fourth-order valence-electron chi connectivity index (χ4n) is 8.56. The van der Waals surface area contributed by atoms with Crippen molar-refractivity contribution in [1.29, 1.82) is 0 Å². The standard InChI is InChI=1S/C70H116O6/c1-4-7-10-13-16-19-22-25-28-30-32-33-34-35-36-37-39-40-42-45-48-51-54-57-60-63-69(72)75-66-67(65-74-68(71)62-59-56-53-50-47-44-27-24-21-18-15-12-9-6-3)76-70(73)64-61-58-55-52-49-46-43-41-38-31-29-26-23-20-17-14-11-8-5-2/h7-8,10-11,16-17,19-20,25-26,28-29,32-33,35-36,38,41,46,49,67H,4-6,9,12-15,18,21-24,27,30-31,34,37,39-40,42-45,47-48,50-66H2,1-3H3/b10-7-,11-8-,19-16-,20-17-,28-25-,29-26-,33-32-,36-35-,41-38-,49-46-. The minimum atomic E-state index is -0.801. The average Bonchev–Trinajstić information content (AvgIpc) is 3.42. The number of hydrogen-bond donors (Lipinski definition) is 0. The summed E-state index contributed by atoms with van der Waals surface area (Å²) in [5, 5.41) is 0. The first-order valence-electron chi connectivity index (χ1n) is 31.5. The normalized spacial score (nSPS) is 12.9. The van der Waals surface area contributed by atoms with Crippen molar-refractivity contribution in [3.63, 3.8) is 0 Å². The molecule has 0 heterocycles. The molecule has 0 aromatic rings. The van der Waals surface area contributed by atoms with Crippen molar-refractivity contribution in [3.8, 4) is 0 Å². The van der Waals surface area contributed by atoms with Crippen LogP contribution in [0.15, 0.2) is 122 Å². The highest BCUT2D eigenvalue weighted by Crippen LogP contribution is 2.16. The van der Waals surface area contributed by atoms with Crippen LogP contribution in [0.4, 0.5) is 0 Å². The number of carbonyl (C=O) groups is 3. The Bertz CT molecular complexity index is 1590. The van der Waals surface area contributed by atoms with Gasteiger partial charge < -0.3 is 14.2 Å². The monoisotopic (exact) mass is 1050 g/mol. The maximum absolute atomic E-state index is 12.9. The van der Waals surface area contributed by atoms with Crippen LogP contribution in [0.5, 0.6) is 0 Å². The molecule has 6 heteroatoms. The second kappa shape index (κ2) is 63.3. The molecule has 0 aliphatic carbocycles. The van der Waals surface area contributed by atoms with E-state index in [4.69, 9.17) is 14.2 Å². The molecule has 76 heavy (non-hydrogen) atoms. The first-order chi connectivity index (χ1) is 37.5. The molecule has 432 valence electrons. The van der Waals surface area contributed by atoms with Gasteiger partial charge in [0.05, 0.1) is 0 Å². The van der Waals surface area contributed by atoms with Gasteiger partial charge in [0.25, 0.3) is 0 Å².